The van der Waals surface area contributed by atoms with Gasteiger partial charge in [-0.1, -0.05) is 13.0 Å². The second kappa shape index (κ2) is 7.24. The summed E-state index contributed by atoms with van der Waals surface area (Å²) < 4.78 is 0. The molecule has 5 heteroatoms. The first kappa shape index (κ1) is 13.0. The molecule has 3 N–H and O–H groups in total. The van der Waals surface area contributed by atoms with Crippen molar-refractivity contribution in [1.29, 1.82) is 0 Å². The third-order valence-electron chi connectivity index (χ3n) is 2.02. The lowest BCUT2D eigenvalue weighted by molar-refractivity contribution is -0.119. The average Bonchev–Trinajstić information content (AvgIpc) is 2.30. The molecule has 0 aliphatic carbocycles. The second-order valence-electron chi connectivity index (χ2n) is 3.39. The van der Waals surface area contributed by atoms with Crippen LogP contribution in [0.25, 0.3) is 0 Å². The van der Waals surface area contributed by atoms with Gasteiger partial charge in [-0.3, -0.25) is 4.79 Å². The molecular formula is C11H17N3OS. The molecule has 1 atom stereocenters. The lowest BCUT2D eigenvalue weighted by atomic mass is 10.3. The van der Waals surface area contributed by atoms with Gasteiger partial charge in [0.05, 0.1) is 11.1 Å². The summed E-state index contributed by atoms with van der Waals surface area (Å²) in [4.78, 5) is 15.3. The molecule has 0 saturated heterocycles. The molecule has 1 aromatic rings. The Bertz CT molecular complexity index is 318. The van der Waals surface area contributed by atoms with Gasteiger partial charge in [0.25, 0.3) is 0 Å². The summed E-state index contributed by atoms with van der Waals surface area (Å²) in [5.74, 6) is 0.309. The fraction of sp³-hybridized carbons (Fsp3) is 0.455. The first-order valence-corrected chi connectivity index (χ1v) is 6.29. The SMILES string of the molecule is CCCNC(CSc1ccccn1)C(N)=O. The van der Waals surface area contributed by atoms with E-state index in [4.69, 9.17) is 5.73 Å². The maximum absolute atomic E-state index is 11.2. The van der Waals surface area contributed by atoms with Crippen LogP contribution in [0.5, 0.6) is 0 Å². The molecule has 88 valence electrons. The minimum atomic E-state index is -0.308. The summed E-state index contributed by atoms with van der Waals surface area (Å²) in [5, 5.41) is 4.03. The van der Waals surface area contributed by atoms with Gasteiger partial charge in [-0.15, -0.1) is 11.8 Å². The van der Waals surface area contributed by atoms with Gasteiger partial charge < -0.3 is 11.1 Å². The molecule has 0 aliphatic heterocycles. The Labute approximate surface area is 100 Å². The maximum atomic E-state index is 11.2. The molecule has 0 bridgehead atoms. The topological polar surface area (TPSA) is 68.0 Å². The number of hydrogen-bond acceptors (Lipinski definition) is 4. The van der Waals surface area contributed by atoms with Gasteiger partial charge in [0.2, 0.25) is 5.91 Å². The highest BCUT2D eigenvalue weighted by atomic mass is 32.2. The van der Waals surface area contributed by atoms with Gasteiger partial charge in [0.1, 0.15) is 0 Å². The van der Waals surface area contributed by atoms with E-state index >= 15 is 0 Å². The summed E-state index contributed by atoms with van der Waals surface area (Å²) in [6.07, 6.45) is 2.72. The number of rotatable bonds is 7. The molecule has 0 spiro atoms. The van der Waals surface area contributed by atoms with E-state index in [1.54, 1.807) is 6.20 Å². The Morgan fingerprint density at radius 1 is 1.62 bits per heavy atom. The van der Waals surface area contributed by atoms with E-state index in [-0.39, 0.29) is 11.9 Å². The number of primary amides is 1. The van der Waals surface area contributed by atoms with Crippen LogP contribution in [0, 0.1) is 0 Å². The molecule has 1 unspecified atom stereocenters. The Morgan fingerprint density at radius 2 is 2.44 bits per heavy atom. The Kier molecular flexibility index (Phi) is 5.88. The zero-order chi connectivity index (χ0) is 11.8. The molecule has 0 aromatic carbocycles. The molecule has 0 saturated carbocycles. The number of nitrogens with zero attached hydrogens (tertiary/aromatic N) is 1. The van der Waals surface area contributed by atoms with Crippen LogP contribution in [-0.4, -0.2) is 29.2 Å². The van der Waals surface area contributed by atoms with E-state index in [0.29, 0.717) is 5.75 Å². The van der Waals surface area contributed by atoms with Crippen LogP contribution in [0.4, 0.5) is 0 Å². The van der Waals surface area contributed by atoms with Gasteiger partial charge in [0.15, 0.2) is 0 Å². The van der Waals surface area contributed by atoms with Crippen molar-refractivity contribution in [1.82, 2.24) is 10.3 Å². The molecule has 0 aliphatic rings. The number of carbonyl (C=O) groups excluding carboxylic acids is 1. The number of nitrogens with two attached hydrogens (primary N) is 1. The first-order valence-electron chi connectivity index (χ1n) is 5.30. The Morgan fingerprint density at radius 3 is 3.00 bits per heavy atom. The highest BCUT2D eigenvalue weighted by Gasteiger charge is 2.14. The minimum absolute atomic E-state index is 0.285. The highest BCUT2D eigenvalue weighted by Crippen LogP contribution is 2.14. The fourth-order valence-electron chi connectivity index (χ4n) is 1.16. The molecular weight excluding hydrogens is 222 g/mol. The third kappa shape index (κ3) is 4.63. The van der Waals surface area contributed by atoms with Crippen LogP contribution >= 0.6 is 11.8 Å². The zero-order valence-electron chi connectivity index (χ0n) is 9.35. The van der Waals surface area contributed by atoms with Crippen molar-refractivity contribution in [3.8, 4) is 0 Å². The molecule has 1 amide bonds. The van der Waals surface area contributed by atoms with Gasteiger partial charge in [-0.25, -0.2) is 4.98 Å². The van der Waals surface area contributed by atoms with E-state index < -0.39 is 0 Å². The van der Waals surface area contributed by atoms with Gasteiger partial charge in [-0.05, 0) is 25.1 Å². The van der Waals surface area contributed by atoms with Gasteiger partial charge >= 0.3 is 0 Å². The van der Waals surface area contributed by atoms with Crippen molar-refractivity contribution in [2.75, 3.05) is 12.3 Å². The number of nitrogens with one attached hydrogen (secondary N) is 1. The van der Waals surface area contributed by atoms with Crippen molar-refractivity contribution in [2.24, 2.45) is 5.73 Å². The van der Waals surface area contributed by atoms with Crippen LogP contribution < -0.4 is 11.1 Å². The van der Waals surface area contributed by atoms with Crippen LogP contribution in [0.15, 0.2) is 29.4 Å². The number of carbonyl (C=O) groups is 1. The number of thioether (sulfide) groups is 1. The van der Waals surface area contributed by atoms with Crippen molar-refractivity contribution in [2.45, 2.75) is 24.4 Å². The second-order valence-corrected chi connectivity index (χ2v) is 4.43. The molecule has 0 radical (unpaired) electrons. The average molecular weight is 239 g/mol. The smallest absolute Gasteiger partial charge is 0.235 e. The lowest BCUT2D eigenvalue weighted by Crippen LogP contribution is -2.43. The van der Waals surface area contributed by atoms with Crippen LogP contribution in [-0.2, 0) is 4.79 Å². The van der Waals surface area contributed by atoms with Crippen molar-refractivity contribution in [3.63, 3.8) is 0 Å². The summed E-state index contributed by atoms with van der Waals surface area (Å²) in [6, 6.07) is 5.42. The third-order valence-corrected chi connectivity index (χ3v) is 3.06. The first-order chi connectivity index (χ1) is 7.74. The number of aromatic nitrogens is 1. The van der Waals surface area contributed by atoms with Crippen LogP contribution in [0.3, 0.4) is 0 Å². The summed E-state index contributed by atoms with van der Waals surface area (Å²) in [5.41, 5.74) is 5.31. The standard InChI is InChI=1S/C11H17N3OS/c1-2-6-13-9(11(12)15)8-16-10-5-3-4-7-14-10/h3-5,7,9,13H,2,6,8H2,1H3,(H2,12,15). The summed E-state index contributed by atoms with van der Waals surface area (Å²) >= 11 is 1.53. The number of hydrogen-bond donors (Lipinski definition) is 2. The molecule has 1 aromatic heterocycles. The van der Waals surface area contributed by atoms with Crippen molar-refractivity contribution >= 4 is 17.7 Å². The predicted octanol–water partition coefficient (Wildman–Crippen LogP) is 1.03. The monoisotopic (exact) mass is 239 g/mol. The normalized spacial score (nSPS) is 12.3. The zero-order valence-corrected chi connectivity index (χ0v) is 10.2. The van der Waals surface area contributed by atoms with Gasteiger partial charge in [-0.2, -0.15) is 0 Å². The van der Waals surface area contributed by atoms with Crippen LogP contribution in [0.2, 0.25) is 0 Å². The molecule has 4 nitrogen and oxygen atoms in total. The molecule has 0 fully saturated rings. The van der Waals surface area contributed by atoms with E-state index in [1.165, 1.54) is 11.8 Å². The lowest BCUT2D eigenvalue weighted by Gasteiger charge is -2.13. The summed E-state index contributed by atoms with van der Waals surface area (Å²) in [6.45, 7) is 2.85. The number of pyridine rings is 1. The number of amides is 1. The van der Waals surface area contributed by atoms with Gasteiger partial charge in [0, 0.05) is 11.9 Å². The minimum Gasteiger partial charge on any atom is -0.368 e. The van der Waals surface area contributed by atoms with Crippen LogP contribution in [0.1, 0.15) is 13.3 Å². The van der Waals surface area contributed by atoms with Crippen molar-refractivity contribution in [3.05, 3.63) is 24.4 Å². The van der Waals surface area contributed by atoms with E-state index in [1.807, 2.05) is 18.2 Å². The Hall–Kier alpha value is -1.07. The van der Waals surface area contributed by atoms with Crippen molar-refractivity contribution < 1.29 is 4.79 Å². The van der Waals surface area contributed by atoms with E-state index in [2.05, 4.69) is 17.2 Å². The quantitative estimate of drug-likeness (QED) is 0.697. The molecule has 1 rings (SSSR count). The van der Waals surface area contributed by atoms with E-state index in [0.717, 1.165) is 18.0 Å². The fourth-order valence-corrected chi connectivity index (χ4v) is 2.09. The maximum Gasteiger partial charge on any atom is 0.235 e. The predicted molar refractivity (Wildman–Crippen MR) is 66.2 cm³/mol. The van der Waals surface area contributed by atoms with E-state index in [9.17, 15) is 4.79 Å². The molecule has 1 heterocycles. The molecule has 16 heavy (non-hydrogen) atoms. The summed E-state index contributed by atoms with van der Waals surface area (Å²) in [7, 11) is 0. The Balaban J connectivity index is 2.41. The highest BCUT2D eigenvalue weighted by molar-refractivity contribution is 7.99. The largest absolute Gasteiger partial charge is 0.368 e.